The van der Waals surface area contributed by atoms with Gasteiger partial charge in [-0.2, -0.15) is 0 Å². The summed E-state index contributed by atoms with van der Waals surface area (Å²) in [6, 6.07) is 0.469. The van der Waals surface area contributed by atoms with E-state index in [0.717, 1.165) is 30.4 Å². The van der Waals surface area contributed by atoms with Crippen LogP contribution in [0.2, 0.25) is 0 Å². The third kappa shape index (κ3) is 3.76. The van der Waals surface area contributed by atoms with Gasteiger partial charge in [0, 0.05) is 36.1 Å². The average Bonchev–Trinajstić information content (AvgIpc) is 3.18. The van der Waals surface area contributed by atoms with Gasteiger partial charge in [0.25, 0.3) is 0 Å². The van der Waals surface area contributed by atoms with Crippen LogP contribution in [-0.4, -0.2) is 22.6 Å². The Morgan fingerprint density at radius 3 is 2.25 bits per heavy atom. The molecular formula is C16H27N3O. The van der Waals surface area contributed by atoms with E-state index in [1.807, 2.05) is 6.92 Å². The van der Waals surface area contributed by atoms with Gasteiger partial charge in [-0.1, -0.05) is 13.8 Å². The molecule has 0 aromatic carbocycles. The van der Waals surface area contributed by atoms with Crippen molar-refractivity contribution in [2.75, 3.05) is 6.61 Å². The molecule has 0 saturated heterocycles. The highest BCUT2D eigenvalue weighted by Gasteiger charge is 2.35. The zero-order chi connectivity index (χ0) is 14.7. The fraction of sp³-hybridized carbons (Fsp3) is 0.750. The van der Waals surface area contributed by atoms with E-state index in [0.29, 0.717) is 12.0 Å². The van der Waals surface area contributed by atoms with Crippen LogP contribution < -0.4 is 5.32 Å². The molecule has 20 heavy (non-hydrogen) atoms. The fourth-order valence-electron chi connectivity index (χ4n) is 2.45. The summed E-state index contributed by atoms with van der Waals surface area (Å²) >= 11 is 0. The number of ether oxygens (including phenoxy) is 1. The van der Waals surface area contributed by atoms with E-state index in [9.17, 15) is 0 Å². The molecule has 0 bridgehead atoms. The van der Waals surface area contributed by atoms with Crippen LogP contribution in [0.25, 0.3) is 0 Å². The molecule has 1 heterocycles. The number of rotatable bonds is 7. The van der Waals surface area contributed by atoms with Crippen molar-refractivity contribution < 1.29 is 4.74 Å². The van der Waals surface area contributed by atoms with Crippen molar-refractivity contribution in [1.29, 1.82) is 0 Å². The molecule has 1 aliphatic rings. The van der Waals surface area contributed by atoms with Crippen molar-refractivity contribution in [3.63, 3.8) is 0 Å². The van der Waals surface area contributed by atoms with Gasteiger partial charge in [-0.05, 0) is 39.5 Å². The predicted molar refractivity (Wildman–Crippen MR) is 80.6 cm³/mol. The number of hydrogen-bond acceptors (Lipinski definition) is 4. The number of hydrogen-bond donors (Lipinski definition) is 1. The van der Waals surface area contributed by atoms with Crippen LogP contribution in [0.1, 0.15) is 62.5 Å². The van der Waals surface area contributed by atoms with Crippen LogP contribution in [0.15, 0.2) is 0 Å². The van der Waals surface area contributed by atoms with Crippen LogP contribution >= 0.6 is 0 Å². The van der Waals surface area contributed by atoms with Gasteiger partial charge in [-0.3, -0.25) is 0 Å². The van der Waals surface area contributed by atoms with Gasteiger partial charge in [0.05, 0.1) is 0 Å². The molecule has 1 aromatic heterocycles. The smallest absolute Gasteiger partial charge is 0.157 e. The Labute approximate surface area is 122 Å². The van der Waals surface area contributed by atoms with Crippen molar-refractivity contribution in [2.45, 2.75) is 66.2 Å². The minimum absolute atomic E-state index is 0.0875. The Hall–Kier alpha value is -1.00. The number of nitrogens with zero attached hydrogens (tertiary/aromatic N) is 2. The van der Waals surface area contributed by atoms with Gasteiger partial charge in [-0.25, -0.2) is 9.97 Å². The second-order valence-electron chi connectivity index (χ2n) is 5.98. The topological polar surface area (TPSA) is 47.0 Å². The molecule has 0 amide bonds. The van der Waals surface area contributed by atoms with Crippen molar-refractivity contribution in [3.05, 3.63) is 22.8 Å². The first-order valence-electron chi connectivity index (χ1n) is 7.71. The molecule has 1 saturated carbocycles. The van der Waals surface area contributed by atoms with Gasteiger partial charge in [0.15, 0.2) is 5.82 Å². The summed E-state index contributed by atoms with van der Waals surface area (Å²) in [6.07, 6.45) is 2.57. The molecule has 1 unspecified atom stereocenters. The summed E-state index contributed by atoms with van der Waals surface area (Å²) in [5.74, 6) is 1.49. The lowest BCUT2D eigenvalue weighted by Crippen LogP contribution is -2.24. The summed E-state index contributed by atoms with van der Waals surface area (Å²) in [4.78, 5) is 9.43. The zero-order valence-electron chi connectivity index (χ0n) is 13.4. The largest absolute Gasteiger partial charge is 0.370 e. The average molecular weight is 277 g/mol. The minimum Gasteiger partial charge on any atom is -0.370 e. The first-order chi connectivity index (χ1) is 9.52. The lowest BCUT2D eigenvalue weighted by atomic mass is 10.1. The highest BCUT2D eigenvalue weighted by molar-refractivity contribution is 5.25. The van der Waals surface area contributed by atoms with Crippen LogP contribution in [0, 0.1) is 19.8 Å². The molecule has 1 fully saturated rings. The lowest BCUT2D eigenvalue weighted by molar-refractivity contribution is 0.0397. The maximum Gasteiger partial charge on any atom is 0.157 e. The van der Waals surface area contributed by atoms with Gasteiger partial charge in [0.2, 0.25) is 0 Å². The molecule has 0 aliphatic heterocycles. The van der Waals surface area contributed by atoms with Gasteiger partial charge < -0.3 is 10.1 Å². The van der Waals surface area contributed by atoms with E-state index in [1.54, 1.807) is 0 Å². The second kappa shape index (κ2) is 6.64. The summed E-state index contributed by atoms with van der Waals surface area (Å²) in [7, 11) is 0. The Balaban J connectivity index is 2.19. The van der Waals surface area contributed by atoms with E-state index >= 15 is 0 Å². The summed E-state index contributed by atoms with van der Waals surface area (Å²) < 4.78 is 5.86. The SMILES string of the molecule is CCOC(c1nc(C)c(CNC(C)C)c(C)n1)C1CC1. The summed E-state index contributed by atoms with van der Waals surface area (Å²) in [5, 5.41) is 3.44. The standard InChI is InChI=1S/C16H27N3O/c1-6-20-15(13-7-8-13)16-18-11(4)14(12(5)19-16)9-17-10(2)3/h10,13,15,17H,6-9H2,1-5H3. The van der Waals surface area contributed by atoms with E-state index in [4.69, 9.17) is 14.7 Å². The number of aromatic nitrogens is 2. The molecule has 2 rings (SSSR count). The molecule has 4 heteroatoms. The Kier molecular flexibility index (Phi) is 5.11. The third-order valence-electron chi connectivity index (χ3n) is 3.78. The zero-order valence-corrected chi connectivity index (χ0v) is 13.4. The quantitative estimate of drug-likeness (QED) is 0.832. The third-order valence-corrected chi connectivity index (χ3v) is 3.78. The highest BCUT2D eigenvalue weighted by Crippen LogP contribution is 2.42. The molecule has 0 spiro atoms. The maximum atomic E-state index is 5.86. The van der Waals surface area contributed by atoms with E-state index < -0.39 is 0 Å². The number of aryl methyl sites for hydroxylation is 2. The summed E-state index contributed by atoms with van der Waals surface area (Å²) in [6.45, 7) is 12.0. The fourth-order valence-corrected chi connectivity index (χ4v) is 2.45. The molecule has 1 N–H and O–H groups in total. The van der Waals surface area contributed by atoms with Crippen LogP contribution in [-0.2, 0) is 11.3 Å². The molecule has 0 radical (unpaired) electrons. The molecule has 1 aromatic rings. The van der Waals surface area contributed by atoms with Crippen LogP contribution in [0.3, 0.4) is 0 Å². The Bertz CT molecular complexity index is 432. The minimum atomic E-state index is 0.0875. The van der Waals surface area contributed by atoms with Gasteiger partial charge in [0.1, 0.15) is 6.10 Å². The second-order valence-corrected chi connectivity index (χ2v) is 5.98. The van der Waals surface area contributed by atoms with Crippen LogP contribution in [0.4, 0.5) is 0 Å². The van der Waals surface area contributed by atoms with Gasteiger partial charge >= 0.3 is 0 Å². The first kappa shape index (κ1) is 15.4. The molecule has 1 atom stereocenters. The van der Waals surface area contributed by atoms with E-state index in [1.165, 1.54) is 18.4 Å². The van der Waals surface area contributed by atoms with Crippen molar-refractivity contribution in [3.8, 4) is 0 Å². The van der Waals surface area contributed by atoms with E-state index in [2.05, 4.69) is 33.0 Å². The first-order valence-corrected chi connectivity index (χ1v) is 7.71. The normalized spacial score (nSPS) is 16.7. The highest BCUT2D eigenvalue weighted by atomic mass is 16.5. The van der Waals surface area contributed by atoms with Crippen molar-refractivity contribution >= 4 is 0 Å². The molecule has 112 valence electrons. The predicted octanol–water partition coefficient (Wildman–Crippen LogP) is 3.08. The van der Waals surface area contributed by atoms with Crippen molar-refractivity contribution in [1.82, 2.24) is 15.3 Å². The Morgan fingerprint density at radius 1 is 1.20 bits per heavy atom. The van der Waals surface area contributed by atoms with E-state index in [-0.39, 0.29) is 6.10 Å². The van der Waals surface area contributed by atoms with Crippen LogP contribution in [0.5, 0.6) is 0 Å². The summed E-state index contributed by atoms with van der Waals surface area (Å²) in [5.41, 5.74) is 3.37. The van der Waals surface area contributed by atoms with Crippen molar-refractivity contribution in [2.24, 2.45) is 5.92 Å². The van der Waals surface area contributed by atoms with Gasteiger partial charge in [-0.15, -0.1) is 0 Å². The number of nitrogens with one attached hydrogen (secondary N) is 1. The maximum absolute atomic E-state index is 5.86. The molecular weight excluding hydrogens is 250 g/mol. The molecule has 4 nitrogen and oxygen atoms in total. The Morgan fingerprint density at radius 2 is 1.80 bits per heavy atom. The monoisotopic (exact) mass is 277 g/mol. The molecule has 1 aliphatic carbocycles. The lowest BCUT2D eigenvalue weighted by Gasteiger charge is -2.18.